The van der Waals surface area contributed by atoms with Crippen molar-refractivity contribution in [3.63, 3.8) is 0 Å². The summed E-state index contributed by atoms with van der Waals surface area (Å²) in [5, 5.41) is 0.115. The Hall–Kier alpha value is -0.783. The molecule has 0 aliphatic carbocycles. The summed E-state index contributed by atoms with van der Waals surface area (Å²) in [6.07, 6.45) is -0.0410. The van der Waals surface area contributed by atoms with Gasteiger partial charge < -0.3 is 9.16 Å². The van der Waals surface area contributed by atoms with Crippen LogP contribution in [0.1, 0.15) is 6.92 Å². The SMILES string of the molecule is CC(=O)SCC(COc1ccccc1)O[Si](C)(C)C. The molecule has 1 unspecified atom stereocenters. The fourth-order valence-corrected chi connectivity index (χ4v) is 3.39. The van der Waals surface area contributed by atoms with Gasteiger partial charge in [-0.2, -0.15) is 0 Å². The van der Waals surface area contributed by atoms with E-state index in [9.17, 15) is 4.79 Å². The second-order valence-electron chi connectivity index (χ2n) is 5.28. The van der Waals surface area contributed by atoms with Crippen molar-refractivity contribution in [1.29, 1.82) is 0 Å². The van der Waals surface area contributed by atoms with Gasteiger partial charge in [0.2, 0.25) is 0 Å². The predicted molar refractivity (Wildman–Crippen MR) is 83.3 cm³/mol. The minimum Gasteiger partial charge on any atom is -0.491 e. The van der Waals surface area contributed by atoms with Crippen molar-refractivity contribution < 1.29 is 14.0 Å². The summed E-state index contributed by atoms with van der Waals surface area (Å²) >= 11 is 1.29. The largest absolute Gasteiger partial charge is 0.491 e. The second kappa shape index (κ2) is 7.72. The molecule has 5 heteroatoms. The molecule has 0 aliphatic heterocycles. The lowest BCUT2D eigenvalue weighted by molar-refractivity contribution is -0.109. The number of ether oxygens (including phenoxy) is 1. The van der Waals surface area contributed by atoms with E-state index in [1.807, 2.05) is 30.3 Å². The van der Waals surface area contributed by atoms with Gasteiger partial charge in [0.15, 0.2) is 13.4 Å². The molecular formula is C14H22O3SSi. The Morgan fingerprint density at radius 2 is 1.89 bits per heavy atom. The second-order valence-corrected chi connectivity index (χ2v) is 10.9. The molecular weight excluding hydrogens is 276 g/mol. The fourth-order valence-electron chi connectivity index (χ4n) is 1.53. The molecule has 0 bridgehead atoms. The Bertz CT molecular complexity index is 389. The van der Waals surface area contributed by atoms with Crippen LogP contribution in [-0.4, -0.2) is 31.9 Å². The van der Waals surface area contributed by atoms with Gasteiger partial charge in [-0.1, -0.05) is 30.0 Å². The number of hydrogen-bond acceptors (Lipinski definition) is 4. The minimum absolute atomic E-state index is 0.0410. The van der Waals surface area contributed by atoms with Crippen molar-refractivity contribution in [2.45, 2.75) is 32.7 Å². The summed E-state index contributed by atoms with van der Waals surface area (Å²) in [7, 11) is -1.64. The normalized spacial score (nSPS) is 13.1. The molecule has 0 aliphatic rings. The molecule has 0 amide bonds. The topological polar surface area (TPSA) is 35.5 Å². The van der Waals surface area contributed by atoms with E-state index in [0.717, 1.165) is 5.75 Å². The van der Waals surface area contributed by atoms with E-state index in [4.69, 9.17) is 9.16 Å². The maximum Gasteiger partial charge on any atom is 0.185 e. The molecule has 0 heterocycles. The van der Waals surface area contributed by atoms with Crippen molar-refractivity contribution in [2.75, 3.05) is 12.4 Å². The van der Waals surface area contributed by atoms with Crippen LogP contribution in [0.25, 0.3) is 0 Å². The van der Waals surface area contributed by atoms with Gasteiger partial charge in [0.05, 0.1) is 6.10 Å². The van der Waals surface area contributed by atoms with Gasteiger partial charge in [0.1, 0.15) is 12.4 Å². The number of thioether (sulfide) groups is 1. The lowest BCUT2D eigenvalue weighted by atomic mass is 10.3. The number of hydrogen-bond donors (Lipinski definition) is 0. The van der Waals surface area contributed by atoms with Gasteiger partial charge in [-0.3, -0.25) is 4.79 Å². The Labute approximate surface area is 120 Å². The zero-order valence-electron chi connectivity index (χ0n) is 12.0. The number of benzene rings is 1. The Morgan fingerprint density at radius 1 is 1.26 bits per heavy atom. The molecule has 19 heavy (non-hydrogen) atoms. The lowest BCUT2D eigenvalue weighted by Gasteiger charge is -2.26. The molecule has 0 aromatic heterocycles. The molecule has 1 aromatic rings. The first kappa shape index (κ1) is 16.3. The third-order valence-electron chi connectivity index (χ3n) is 2.17. The van der Waals surface area contributed by atoms with Crippen LogP contribution in [0, 0.1) is 0 Å². The van der Waals surface area contributed by atoms with Gasteiger partial charge in [-0.15, -0.1) is 0 Å². The highest BCUT2D eigenvalue weighted by atomic mass is 32.2. The third kappa shape index (κ3) is 8.08. The summed E-state index contributed by atoms with van der Waals surface area (Å²) in [4.78, 5) is 11.1. The average Bonchev–Trinajstić information content (AvgIpc) is 2.32. The highest BCUT2D eigenvalue weighted by Gasteiger charge is 2.22. The van der Waals surface area contributed by atoms with Crippen molar-refractivity contribution >= 4 is 25.2 Å². The van der Waals surface area contributed by atoms with Crippen LogP contribution in [0.15, 0.2) is 30.3 Å². The standard InChI is InChI=1S/C14H22O3SSi/c1-12(15)18-11-14(17-19(2,3)4)10-16-13-8-6-5-7-9-13/h5-9,14H,10-11H2,1-4H3. The quantitative estimate of drug-likeness (QED) is 0.721. The maximum absolute atomic E-state index is 11.1. The van der Waals surface area contributed by atoms with E-state index >= 15 is 0 Å². The Balaban J connectivity index is 2.50. The number of para-hydroxylation sites is 1. The third-order valence-corrected chi connectivity index (χ3v) is 4.16. The van der Waals surface area contributed by atoms with Gasteiger partial charge >= 0.3 is 0 Å². The van der Waals surface area contributed by atoms with Gasteiger partial charge in [0, 0.05) is 12.7 Å². The van der Waals surface area contributed by atoms with Crippen LogP contribution in [0.4, 0.5) is 0 Å². The van der Waals surface area contributed by atoms with Crippen LogP contribution in [0.2, 0.25) is 19.6 Å². The lowest BCUT2D eigenvalue weighted by Crippen LogP contribution is -2.37. The van der Waals surface area contributed by atoms with Gasteiger partial charge in [0.25, 0.3) is 0 Å². The summed E-state index contributed by atoms with van der Waals surface area (Å²) in [5.74, 6) is 1.48. The average molecular weight is 298 g/mol. The Morgan fingerprint density at radius 3 is 2.42 bits per heavy atom. The molecule has 1 rings (SSSR count). The first-order valence-corrected chi connectivity index (χ1v) is 10.8. The highest BCUT2D eigenvalue weighted by Crippen LogP contribution is 2.15. The Kier molecular flexibility index (Phi) is 6.61. The van der Waals surface area contributed by atoms with Crippen molar-refractivity contribution in [1.82, 2.24) is 0 Å². The molecule has 1 atom stereocenters. The summed E-state index contributed by atoms with van der Waals surface area (Å²) in [6, 6.07) is 9.67. The summed E-state index contributed by atoms with van der Waals surface area (Å²) in [6.45, 7) is 8.48. The van der Waals surface area contributed by atoms with Crippen LogP contribution in [-0.2, 0) is 9.22 Å². The van der Waals surface area contributed by atoms with E-state index in [1.165, 1.54) is 11.8 Å². The van der Waals surface area contributed by atoms with Crippen molar-refractivity contribution in [2.24, 2.45) is 0 Å². The maximum atomic E-state index is 11.1. The first-order valence-electron chi connectivity index (χ1n) is 6.36. The molecule has 0 N–H and O–H groups in total. The zero-order chi connectivity index (χ0) is 14.3. The molecule has 1 aromatic carbocycles. The van der Waals surface area contributed by atoms with E-state index in [-0.39, 0.29) is 11.2 Å². The number of carbonyl (C=O) groups is 1. The van der Waals surface area contributed by atoms with Crippen LogP contribution in [0.5, 0.6) is 5.75 Å². The zero-order valence-corrected chi connectivity index (χ0v) is 13.8. The van der Waals surface area contributed by atoms with Crippen LogP contribution >= 0.6 is 11.8 Å². The fraction of sp³-hybridized carbons (Fsp3) is 0.500. The van der Waals surface area contributed by atoms with E-state index in [2.05, 4.69) is 19.6 Å². The highest BCUT2D eigenvalue weighted by molar-refractivity contribution is 8.13. The van der Waals surface area contributed by atoms with Crippen molar-refractivity contribution in [3.8, 4) is 5.75 Å². The summed E-state index contributed by atoms with van der Waals surface area (Å²) in [5.41, 5.74) is 0. The molecule has 3 nitrogen and oxygen atoms in total. The van der Waals surface area contributed by atoms with Gasteiger partial charge in [-0.05, 0) is 31.8 Å². The van der Waals surface area contributed by atoms with E-state index < -0.39 is 8.32 Å². The van der Waals surface area contributed by atoms with Gasteiger partial charge in [-0.25, -0.2) is 0 Å². The smallest absolute Gasteiger partial charge is 0.185 e. The number of rotatable bonds is 7. The predicted octanol–water partition coefficient (Wildman–Crippen LogP) is 3.57. The monoisotopic (exact) mass is 298 g/mol. The van der Waals surface area contributed by atoms with Crippen LogP contribution < -0.4 is 4.74 Å². The molecule has 0 saturated carbocycles. The van der Waals surface area contributed by atoms with E-state index in [1.54, 1.807) is 6.92 Å². The first-order chi connectivity index (χ1) is 8.87. The minimum atomic E-state index is -1.64. The van der Waals surface area contributed by atoms with Crippen molar-refractivity contribution in [3.05, 3.63) is 30.3 Å². The summed E-state index contributed by atoms with van der Waals surface area (Å²) < 4.78 is 11.8. The van der Waals surface area contributed by atoms with Crippen LogP contribution in [0.3, 0.4) is 0 Å². The molecule has 106 valence electrons. The molecule has 0 fully saturated rings. The molecule has 0 radical (unpaired) electrons. The number of carbonyl (C=O) groups excluding carboxylic acids is 1. The molecule has 0 spiro atoms. The molecule has 0 saturated heterocycles. The van der Waals surface area contributed by atoms with E-state index in [0.29, 0.717) is 12.4 Å².